The Bertz CT molecular complexity index is 1280. The minimum Gasteiger partial charge on any atom is -0.490 e. The van der Waals surface area contributed by atoms with Crippen molar-refractivity contribution in [2.75, 3.05) is 24.2 Å². The number of benzene rings is 2. The molecule has 4 rings (SSSR count). The van der Waals surface area contributed by atoms with Crippen LogP contribution < -0.4 is 15.2 Å². The van der Waals surface area contributed by atoms with Gasteiger partial charge in [0.25, 0.3) is 5.56 Å². The highest BCUT2D eigenvalue weighted by molar-refractivity contribution is 9.10. The van der Waals surface area contributed by atoms with Gasteiger partial charge in [0.15, 0.2) is 9.84 Å². The number of halogens is 1. The van der Waals surface area contributed by atoms with Gasteiger partial charge in [-0.2, -0.15) is 0 Å². The molecule has 0 spiro atoms. The second-order valence-corrected chi connectivity index (χ2v) is 11.0. The number of sulfone groups is 1. The molecule has 1 aliphatic rings. The Morgan fingerprint density at radius 3 is 2.28 bits per heavy atom. The van der Waals surface area contributed by atoms with Crippen LogP contribution in [0.25, 0.3) is 5.69 Å². The smallest absolute Gasteiger partial charge is 0.258 e. The van der Waals surface area contributed by atoms with Gasteiger partial charge in [-0.15, -0.1) is 0 Å². The summed E-state index contributed by atoms with van der Waals surface area (Å²) in [5.41, 5.74) is 2.87. The highest BCUT2D eigenvalue weighted by Crippen LogP contribution is 2.27. The quantitative estimate of drug-likeness (QED) is 0.503. The Labute approximate surface area is 196 Å². The van der Waals surface area contributed by atoms with E-state index in [9.17, 15) is 13.2 Å². The Kier molecular flexibility index (Phi) is 6.44. The molecule has 1 aromatic heterocycles. The van der Waals surface area contributed by atoms with Crippen molar-refractivity contribution >= 4 is 31.5 Å². The highest BCUT2D eigenvalue weighted by Gasteiger charge is 2.22. The second kappa shape index (κ2) is 9.11. The van der Waals surface area contributed by atoms with Gasteiger partial charge >= 0.3 is 0 Å². The summed E-state index contributed by atoms with van der Waals surface area (Å²) in [4.78, 5) is 15.2. The van der Waals surface area contributed by atoms with Gasteiger partial charge in [-0.3, -0.25) is 9.36 Å². The topological polar surface area (TPSA) is 68.6 Å². The molecule has 168 valence electrons. The zero-order valence-corrected chi connectivity index (χ0v) is 20.4. The molecule has 0 amide bonds. The molecule has 0 radical (unpaired) electrons. The fourth-order valence-corrected chi connectivity index (χ4v) is 5.09. The minimum atomic E-state index is -3.27. The summed E-state index contributed by atoms with van der Waals surface area (Å²) < 4.78 is 31.9. The van der Waals surface area contributed by atoms with Crippen molar-refractivity contribution in [1.29, 1.82) is 0 Å². The van der Waals surface area contributed by atoms with Crippen LogP contribution in [0.5, 0.6) is 5.75 Å². The lowest BCUT2D eigenvalue weighted by atomic mass is 10.1. The minimum absolute atomic E-state index is 0.0614. The number of hydrogen-bond acceptors (Lipinski definition) is 5. The molecule has 3 aromatic rings. The van der Waals surface area contributed by atoms with Crippen molar-refractivity contribution in [1.82, 2.24) is 4.57 Å². The number of hydrogen-bond donors (Lipinski definition) is 0. The van der Waals surface area contributed by atoms with Crippen LogP contribution in [-0.4, -0.2) is 38.4 Å². The van der Waals surface area contributed by atoms with E-state index in [4.69, 9.17) is 4.74 Å². The van der Waals surface area contributed by atoms with Crippen molar-refractivity contribution in [2.45, 2.75) is 30.8 Å². The molecule has 0 N–H and O–H groups in total. The zero-order chi connectivity index (χ0) is 22.9. The number of aryl methyl sites for hydroxylation is 1. The summed E-state index contributed by atoms with van der Waals surface area (Å²) in [6, 6.07) is 15.8. The summed E-state index contributed by atoms with van der Waals surface area (Å²) >= 11 is 3.51. The molecule has 0 atom stereocenters. The molecule has 1 saturated heterocycles. The van der Waals surface area contributed by atoms with E-state index in [1.807, 2.05) is 0 Å². The number of aromatic nitrogens is 1. The van der Waals surface area contributed by atoms with Gasteiger partial charge in [-0.25, -0.2) is 8.42 Å². The van der Waals surface area contributed by atoms with Crippen LogP contribution in [0, 0.1) is 6.92 Å². The molecule has 1 fully saturated rings. The number of pyridine rings is 1. The first kappa shape index (κ1) is 22.6. The standard InChI is InChI=1S/C24H25BrN2O4S/c1-17-15-18(25)3-8-23(17)26-12-9-20(10-13-26)31-21-11-14-27(24(28)16-21)19-4-6-22(7-5-19)32(2,29)30/h3-8,11,14-16,20H,9-10,12-13H2,1-2H3. The molecule has 1 aliphatic heterocycles. The van der Waals surface area contributed by atoms with E-state index >= 15 is 0 Å². The number of rotatable bonds is 5. The van der Waals surface area contributed by atoms with Gasteiger partial charge in [-0.05, 0) is 61.0 Å². The van der Waals surface area contributed by atoms with Crippen LogP contribution in [0.1, 0.15) is 18.4 Å². The van der Waals surface area contributed by atoms with Crippen molar-refractivity contribution in [3.05, 3.63) is 81.2 Å². The SMILES string of the molecule is Cc1cc(Br)ccc1N1CCC(Oc2ccn(-c3ccc(S(C)(=O)=O)cc3)c(=O)c2)CC1. The van der Waals surface area contributed by atoms with Gasteiger partial charge < -0.3 is 9.64 Å². The third-order valence-corrected chi connectivity index (χ3v) is 7.30. The average Bonchev–Trinajstić information content (AvgIpc) is 2.74. The largest absolute Gasteiger partial charge is 0.490 e. The highest BCUT2D eigenvalue weighted by atomic mass is 79.9. The van der Waals surface area contributed by atoms with Crippen LogP contribution in [0.4, 0.5) is 5.69 Å². The van der Waals surface area contributed by atoms with Crippen molar-refractivity contribution in [3.8, 4) is 11.4 Å². The zero-order valence-electron chi connectivity index (χ0n) is 18.0. The van der Waals surface area contributed by atoms with Crippen LogP contribution in [0.15, 0.2) is 75.0 Å². The summed E-state index contributed by atoms with van der Waals surface area (Å²) in [5, 5.41) is 0. The van der Waals surface area contributed by atoms with E-state index in [-0.39, 0.29) is 16.6 Å². The molecule has 0 bridgehead atoms. The van der Waals surface area contributed by atoms with Crippen molar-refractivity contribution in [3.63, 3.8) is 0 Å². The van der Waals surface area contributed by atoms with Gasteiger partial charge in [0, 0.05) is 60.3 Å². The first-order valence-corrected chi connectivity index (χ1v) is 13.1. The van der Waals surface area contributed by atoms with E-state index in [1.54, 1.807) is 24.4 Å². The first-order valence-electron chi connectivity index (χ1n) is 10.4. The molecule has 0 unspecified atom stereocenters. The van der Waals surface area contributed by atoms with E-state index < -0.39 is 9.84 Å². The molecule has 32 heavy (non-hydrogen) atoms. The molecular formula is C24H25BrN2O4S. The predicted molar refractivity (Wildman–Crippen MR) is 130 cm³/mol. The first-order chi connectivity index (χ1) is 15.2. The third kappa shape index (κ3) is 5.07. The number of piperidine rings is 1. The molecule has 2 aromatic carbocycles. The molecular weight excluding hydrogens is 492 g/mol. The van der Waals surface area contributed by atoms with Crippen LogP contribution in [-0.2, 0) is 9.84 Å². The van der Waals surface area contributed by atoms with Crippen molar-refractivity contribution < 1.29 is 13.2 Å². The monoisotopic (exact) mass is 516 g/mol. The maximum atomic E-state index is 12.6. The lowest BCUT2D eigenvalue weighted by Gasteiger charge is -2.34. The summed E-state index contributed by atoms with van der Waals surface area (Å²) in [7, 11) is -3.27. The molecule has 2 heterocycles. The lowest BCUT2D eigenvalue weighted by molar-refractivity contribution is 0.170. The van der Waals surface area contributed by atoms with Gasteiger partial charge in [0.05, 0.1) is 4.90 Å². The van der Waals surface area contributed by atoms with Gasteiger partial charge in [-0.1, -0.05) is 15.9 Å². The summed E-state index contributed by atoms with van der Waals surface area (Å²) in [5.74, 6) is 0.553. The number of anilines is 1. The Morgan fingerprint density at radius 2 is 1.69 bits per heavy atom. The normalized spacial score (nSPS) is 15.0. The van der Waals surface area contributed by atoms with E-state index in [0.717, 1.165) is 36.7 Å². The maximum Gasteiger partial charge on any atom is 0.258 e. The van der Waals surface area contributed by atoms with Crippen LogP contribution >= 0.6 is 15.9 Å². The van der Waals surface area contributed by atoms with E-state index in [0.29, 0.717) is 11.4 Å². The fourth-order valence-electron chi connectivity index (χ4n) is 3.98. The third-order valence-electron chi connectivity index (χ3n) is 5.68. The molecule has 0 aliphatic carbocycles. The van der Waals surface area contributed by atoms with Crippen LogP contribution in [0.3, 0.4) is 0 Å². The Balaban J connectivity index is 1.41. The summed E-state index contributed by atoms with van der Waals surface area (Å²) in [6.07, 6.45) is 4.64. The number of ether oxygens (including phenoxy) is 1. The van der Waals surface area contributed by atoms with Crippen molar-refractivity contribution in [2.24, 2.45) is 0 Å². The molecule has 8 heteroatoms. The Morgan fingerprint density at radius 1 is 1.00 bits per heavy atom. The van der Waals surface area contributed by atoms with Gasteiger partial charge in [0.1, 0.15) is 11.9 Å². The molecule has 6 nitrogen and oxygen atoms in total. The maximum absolute atomic E-state index is 12.6. The van der Waals surface area contributed by atoms with E-state index in [1.165, 1.54) is 34.0 Å². The number of nitrogens with zero attached hydrogens (tertiary/aromatic N) is 2. The van der Waals surface area contributed by atoms with Gasteiger partial charge in [0.2, 0.25) is 0 Å². The second-order valence-electron chi connectivity index (χ2n) is 8.07. The summed E-state index contributed by atoms with van der Waals surface area (Å²) in [6.45, 7) is 3.92. The fraction of sp³-hybridized carbons (Fsp3) is 0.292. The van der Waals surface area contributed by atoms with Crippen LogP contribution in [0.2, 0.25) is 0 Å². The average molecular weight is 517 g/mol. The molecule has 0 saturated carbocycles. The Hall–Kier alpha value is -2.58. The lowest BCUT2D eigenvalue weighted by Crippen LogP contribution is -2.38. The predicted octanol–water partition coefficient (Wildman–Crippen LogP) is 4.36. The van der Waals surface area contributed by atoms with E-state index in [2.05, 4.69) is 46.0 Å².